The van der Waals surface area contributed by atoms with Gasteiger partial charge in [0.1, 0.15) is 13.2 Å². The molecule has 0 aliphatic carbocycles. The maximum Gasteiger partial charge on any atom is 0.258 e. The lowest BCUT2D eigenvalue weighted by Gasteiger charge is -2.19. The summed E-state index contributed by atoms with van der Waals surface area (Å²) >= 11 is 1.35. The summed E-state index contributed by atoms with van der Waals surface area (Å²) < 4.78 is 12.1. The fraction of sp³-hybridized carbons (Fsp3) is 0.125. The molecular weight excluding hydrogens is 300 g/mol. The van der Waals surface area contributed by atoms with E-state index < -0.39 is 5.91 Å². The summed E-state index contributed by atoms with van der Waals surface area (Å²) in [6, 6.07) is 7.61. The van der Waals surface area contributed by atoms with E-state index in [0.29, 0.717) is 18.1 Å². The van der Waals surface area contributed by atoms with Crippen LogP contribution >= 0.6 is 11.3 Å². The third-order valence-corrected chi connectivity index (χ3v) is 4.63. The van der Waals surface area contributed by atoms with Gasteiger partial charge in [-0.3, -0.25) is 9.78 Å². The minimum Gasteiger partial charge on any atom is -0.486 e. The number of nitrogens with zero attached hydrogens (tertiary/aromatic N) is 1. The van der Waals surface area contributed by atoms with E-state index in [1.807, 2.05) is 24.3 Å². The number of fused-ring (bicyclic) bond motifs is 2. The number of amides is 1. The van der Waals surface area contributed by atoms with Gasteiger partial charge in [-0.05, 0) is 23.8 Å². The van der Waals surface area contributed by atoms with E-state index in [2.05, 4.69) is 4.98 Å². The minimum atomic E-state index is -0.422. The van der Waals surface area contributed by atoms with E-state index in [0.717, 1.165) is 32.7 Å². The predicted molar refractivity (Wildman–Crippen MR) is 84.6 cm³/mol. The van der Waals surface area contributed by atoms with Crippen molar-refractivity contribution in [3.8, 4) is 22.6 Å². The third kappa shape index (κ3) is 2.08. The highest BCUT2D eigenvalue weighted by Crippen LogP contribution is 2.38. The average molecular weight is 312 g/mol. The molecule has 0 fully saturated rings. The number of primary amides is 1. The summed E-state index contributed by atoms with van der Waals surface area (Å²) in [6.07, 6.45) is 3.53. The number of thiophene rings is 1. The van der Waals surface area contributed by atoms with Gasteiger partial charge < -0.3 is 15.2 Å². The van der Waals surface area contributed by atoms with E-state index in [1.54, 1.807) is 12.4 Å². The second-order valence-corrected chi connectivity index (χ2v) is 6.02. The maximum atomic E-state index is 11.4. The molecule has 2 N–H and O–H groups in total. The molecule has 1 amide bonds. The quantitative estimate of drug-likeness (QED) is 0.789. The molecule has 0 atom stereocenters. The van der Waals surface area contributed by atoms with E-state index in [1.165, 1.54) is 11.3 Å². The number of rotatable bonds is 2. The molecule has 1 aromatic carbocycles. The SMILES string of the molecule is NC(=O)c1cc2c(-c3ccc4c(c3)OCCO4)cncc2s1. The van der Waals surface area contributed by atoms with Crippen molar-refractivity contribution in [1.82, 2.24) is 4.98 Å². The van der Waals surface area contributed by atoms with Crippen LogP contribution in [0.5, 0.6) is 11.5 Å². The van der Waals surface area contributed by atoms with Crippen molar-refractivity contribution < 1.29 is 14.3 Å². The van der Waals surface area contributed by atoms with E-state index >= 15 is 0 Å². The molecule has 4 rings (SSSR count). The molecule has 0 bridgehead atoms. The molecular formula is C16H12N2O3S. The Morgan fingerprint density at radius 2 is 1.95 bits per heavy atom. The minimum absolute atomic E-state index is 0.422. The molecule has 1 aliphatic rings. The van der Waals surface area contributed by atoms with Crippen molar-refractivity contribution in [2.45, 2.75) is 0 Å². The van der Waals surface area contributed by atoms with E-state index in [-0.39, 0.29) is 0 Å². The van der Waals surface area contributed by atoms with Crippen LogP contribution in [0.15, 0.2) is 36.7 Å². The van der Waals surface area contributed by atoms with Gasteiger partial charge in [-0.15, -0.1) is 11.3 Å². The Morgan fingerprint density at radius 1 is 1.14 bits per heavy atom. The molecule has 6 heteroatoms. The number of carbonyl (C=O) groups is 1. The first-order chi connectivity index (χ1) is 10.7. The molecule has 0 radical (unpaired) electrons. The van der Waals surface area contributed by atoms with Crippen LogP contribution in [0.3, 0.4) is 0 Å². The lowest BCUT2D eigenvalue weighted by atomic mass is 10.0. The zero-order chi connectivity index (χ0) is 15.1. The summed E-state index contributed by atoms with van der Waals surface area (Å²) in [5, 5.41) is 0.963. The van der Waals surface area contributed by atoms with Crippen molar-refractivity contribution in [3.05, 3.63) is 41.5 Å². The molecule has 0 saturated carbocycles. The van der Waals surface area contributed by atoms with E-state index in [4.69, 9.17) is 15.2 Å². The first-order valence-corrected chi connectivity index (χ1v) is 7.61. The highest BCUT2D eigenvalue weighted by molar-refractivity contribution is 7.20. The number of hydrogen-bond acceptors (Lipinski definition) is 5. The highest BCUT2D eigenvalue weighted by atomic mass is 32.1. The number of pyridine rings is 1. The fourth-order valence-electron chi connectivity index (χ4n) is 2.52. The number of aromatic nitrogens is 1. The third-order valence-electron chi connectivity index (χ3n) is 3.54. The van der Waals surface area contributed by atoms with Gasteiger partial charge >= 0.3 is 0 Å². The highest BCUT2D eigenvalue weighted by Gasteiger charge is 2.15. The zero-order valence-corrected chi connectivity index (χ0v) is 12.4. The van der Waals surface area contributed by atoms with Gasteiger partial charge in [0.2, 0.25) is 0 Å². The van der Waals surface area contributed by atoms with Gasteiger partial charge in [0, 0.05) is 23.3 Å². The number of nitrogens with two attached hydrogens (primary N) is 1. The Hall–Kier alpha value is -2.60. The maximum absolute atomic E-state index is 11.4. The summed E-state index contributed by atoms with van der Waals surface area (Å²) in [5.74, 6) is 1.05. The number of hydrogen-bond donors (Lipinski definition) is 1. The first kappa shape index (κ1) is 13.1. The standard InChI is InChI=1S/C16H12N2O3S/c17-16(19)14-6-10-11(7-18-8-15(10)22-14)9-1-2-12-13(5-9)21-4-3-20-12/h1-2,5-8H,3-4H2,(H2,17,19). The van der Waals surface area contributed by atoms with Gasteiger partial charge in [0.25, 0.3) is 5.91 Å². The van der Waals surface area contributed by atoms with E-state index in [9.17, 15) is 4.79 Å². The normalized spacial score (nSPS) is 13.3. The molecule has 5 nitrogen and oxygen atoms in total. The van der Waals surface area contributed by atoms with Crippen molar-refractivity contribution in [3.63, 3.8) is 0 Å². The topological polar surface area (TPSA) is 74.4 Å². The van der Waals surface area contributed by atoms with Crippen LogP contribution in [0.1, 0.15) is 9.67 Å². The van der Waals surface area contributed by atoms with Crippen LogP contribution in [-0.4, -0.2) is 24.1 Å². The van der Waals surface area contributed by atoms with Crippen LogP contribution in [-0.2, 0) is 0 Å². The van der Waals surface area contributed by atoms with Gasteiger partial charge in [-0.1, -0.05) is 6.07 Å². The second kappa shape index (κ2) is 4.99. The summed E-state index contributed by atoms with van der Waals surface area (Å²) in [4.78, 5) is 16.2. The van der Waals surface area contributed by atoms with Crippen molar-refractivity contribution in [1.29, 1.82) is 0 Å². The van der Waals surface area contributed by atoms with Crippen LogP contribution < -0.4 is 15.2 Å². The molecule has 22 heavy (non-hydrogen) atoms. The average Bonchev–Trinajstić information content (AvgIpc) is 2.99. The first-order valence-electron chi connectivity index (χ1n) is 6.80. The summed E-state index contributed by atoms with van der Waals surface area (Å²) in [6.45, 7) is 1.11. The monoisotopic (exact) mass is 312 g/mol. The van der Waals surface area contributed by atoms with Gasteiger partial charge in [-0.25, -0.2) is 0 Å². The summed E-state index contributed by atoms with van der Waals surface area (Å²) in [7, 11) is 0. The molecule has 0 unspecified atom stereocenters. The molecule has 1 aliphatic heterocycles. The van der Waals surface area contributed by atoms with Gasteiger partial charge in [0.05, 0.1) is 9.58 Å². The number of carbonyl (C=O) groups excluding carboxylic acids is 1. The Kier molecular flexibility index (Phi) is 2.97. The van der Waals surface area contributed by atoms with Gasteiger partial charge in [0.15, 0.2) is 11.5 Å². The molecule has 0 spiro atoms. The van der Waals surface area contributed by atoms with Crippen LogP contribution in [0.4, 0.5) is 0 Å². The van der Waals surface area contributed by atoms with Crippen LogP contribution in [0.25, 0.3) is 21.2 Å². The largest absolute Gasteiger partial charge is 0.486 e. The smallest absolute Gasteiger partial charge is 0.258 e. The lowest BCUT2D eigenvalue weighted by Crippen LogP contribution is -2.15. The summed E-state index contributed by atoms with van der Waals surface area (Å²) in [5.41, 5.74) is 7.28. The number of benzene rings is 1. The van der Waals surface area contributed by atoms with Gasteiger partial charge in [-0.2, -0.15) is 0 Å². The van der Waals surface area contributed by atoms with Crippen LogP contribution in [0.2, 0.25) is 0 Å². The number of ether oxygens (including phenoxy) is 2. The van der Waals surface area contributed by atoms with Crippen molar-refractivity contribution in [2.75, 3.05) is 13.2 Å². The Bertz CT molecular complexity index is 888. The Balaban J connectivity index is 1.88. The lowest BCUT2D eigenvalue weighted by molar-refractivity contribution is 0.100. The Morgan fingerprint density at radius 3 is 2.77 bits per heavy atom. The van der Waals surface area contributed by atoms with Crippen molar-refractivity contribution in [2.24, 2.45) is 5.73 Å². The predicted octanol–water partition coefficient (Wildman–Crippen LogP) is 2.83. The Labute approximate surface area is 130 Å². The molecule has 110 valence electrons. The molecule has 3 aromatic rings. The molecule has 0 saturated heterocycles. The van der Waals surface area contributed by atoms with Crippen molar-refractivity contribution >= 4 is 27.3 Å². The van der Waals surface area contributed by atoms with Crippen LogP contribution in [0, 0.1) is 0 Å². The fourth-order valence-corrected chi connectivity index (χ4v) is 3.43. The zero-order valence-electron chi connectivity index (χ0n) is 11.5. The molecule has 3 heterocycles. The second-order valence-electron chi connectivity index (χ2n) is 4.93. The molecule has 2 aromatic heterocycles.